The van der Waals surface area contributed by atoms with Gasteiger partial charge in [0.05, 0.1) is 13.2 Å². The first-order valence-corrected chi connectivity index (χ1v) is 6.33. The molecule has 1 aromatic rings. The molecule has 2 aliphatic heterocycles. The van der Waals surface area contributed by atoms with Gasteiger partial charge < -0.3 is 20.5 Å². The van der Waals surface area contributed by atoms with Crippen LogP contribution in [0, 0.1) is 0 Å². The minimum Gasteiger partial charge on any atom is -0.467 e. The van der Waals surface area contributed by atoms with E-state index in [4.69, 9.17) is 15.2 Å². The number of carbonyl (C=O) groups is 1. The van der Waals surface area contributed by atoms with Crippen LogP contribution in [0.3, 0.4) is 0 Å². The molecule has 0 radical (unpaired) electrons. The van der Waals surface area contributed by atoms with E-state index in [-0.39, 0.29) is 12.7 Å². The van der Waals surface area contributed by atoms with E-state index in [1.807, 2.05) is 12.1 Å². The normalized spacial score (nSPS) is 19.5. The molecule has 2 heterocycles. The van der Waals surface area contributed by atoms with Gasteiger partial charge in [-0.25, -0.2) is 0 Å². The van der Waals surface area contributed by atoms with Crippen molar-refractivity contribution >= 4 is 11.6 Å². The molecular weight excluding hydrogens is 246 g/mol. The molecule has 0 spiro atoms. The van der Waals surface area contributed by atoms with Gasteiger partial charge in [0.15, 0.2) is 6.79 Å². The largest absolute Gasteiger partial charge is 0.467 e. The lowest BCUT2D eigenvalue weighted by atomic mass is 10.1. The molecule has 19 heavy (non-hydrogen) atoms. The Balaban J connectivity index is 1.83. The number of nitrogens with one attached hydrogen (secondary N) is 1. The predicted octanol–water partition coefficient (Wildman–Crippen LogP) is 0.0671. The molecule has 1 amide bonds. The highest BCUT2D eigenvalue weighted by atomic mass is 16.7. The van der Waals surface area contributed by atoms with Crippen molar-refractivity contribution in [1.29, 1.82) is 0 Å². The van der Waals surface area contributed by atoms with Gasteiger partial charge in [-0.1, -0.05) is 0 Å². The SMILES string of the molecule is Nc1cc2c(c(CN3CCNC(=O)C3)c1)OCOC2. The molecule has 0 atom stereocenters. The molecular formula is C13H17N3O3. The Hall–Kier alpha value is -1.79. The van der Waals surface area contributed by atoms with Crippen molar-refractivity contribution in [1.82, 2.24) is 10.2 Å². The number of nitrogens with two attached hydrogens (primary N) is 1. The van der Waals surface area contributed by atoms with Crippen LogP contribution in [0.5, 0.6) is 5.75 Å². The summed E-state index contributed by atoms with van der Waals surface area (Å²) in [6.45, 7) is 3.40. The Morgan fingerprint density at radius 2 is 2.32 bits per heavy atom. The van der Waals surface area contributed by atoms with E-state index in [0.717, 1.165) is 23.4 Å². The van der Waals surface area contributed by atoms with Gasteiger partial charge in [0.25, 0.3) is 0 Å². The van der Waals surface area contributed by atoms with E-state index in [2.05, 4.69) is 10.2 Å². The number of carbonyl (C=O) groups excluding carboxylic acids is 1. The molecule has 0 bridgehead atoms. The second kappa shape index (κ2) is 5.07. The number of nitrogens with zero attached hydrogens (tertiary/aromatic N) is 1. The first-order valence-electron chi connectivity index (χ1n) is 6.33. The number of ether oxygens (including phenoxy) is 2. The summed E-state index contributed by atoms with van der Waals surface area (Å²) in [5.41, 5.74) is 8.60. The van der Waals surface area contributed by atoms with Crippen molar-refractivity contribution in [3.63, 3.8) is 0 Å². The van der Waals surface area contributed by atoms with E-state index in [1.54, 1.807) is 0 Å². The Labute approximate surface area is 111 Å². The number of benzene rings is 1. The van der Waals surface area contributed by atoms with E-state index in [0.29, 0.717) is 31.9 Å². The number of anilines is 1. The highest BCUT2D eigenvalue weighted by Gasteiger charge is 2.21. The molecule has 3 rings (SSSR count). The van der Waals surface area contributed by atoms with Crippen LogP contribution in [0.15, 0.2) is 12.1 Å². The summed E-state index contributed by atoms with van der Waals surface area (Å²) in [6.07, 6.45) is 0. The third-order valence-corrected chi connectivity index (χ3v) is 3.32. The maximum absolute atomic E-state index is 11.4. The fourth-order valence-corrected chi connectivity index (χ4v) is 2.51. The fraction of sp³-hybridized carbons (Fsp3) is 0.462. The van der Waals surface area contributed by atoms with Gasteiger partial charge in [0, 0.05) is 36.4 Å². The third-order valence-electron chi connectivity index (χ3n) is 3.32. The minimum absolute atomic E-state index is 0.0632. The van der Waals surface area contributed by atoms with Crippen molar-refractivity contribution in [3.05, 3.63) is 23.3 Å². The van der Waals surface area contributed by atoms with E-state index in [1.165, 1.54) is 0 Å². The maximum Gasteiger partial charge on any atom is 0.234 e. The van der Waals surface area contributed by atoms with Crippen molar-refractivity contribution in [2.75, 3.05) is 32.2 Å². The van der Waals surface area contributed by atoms with E-state index < -0.39 is 0 Å². The van der Waals surface area contributed by atoms with Crippen LogP contribution in [0.25, 0.3) is 0 Å². The maximum atomic E-state index is 11.4. The standard InChI is InChI=1S/C13H17N3O3/c14-11-3-9(5-16-2-1-15-12(17)6-16)13-10(4-11)7-18-8-19-13/h3-4H,1-2,5-8,14H2,(H,15,17). The summed E-state index contributed by atoms with van der Waals surface area (Å²) < 4.78 is 10.8. The Bertz CT molecular complexity index is 504. The Morgan fingerprint density at radius 1 is 1.42 bits per heavy atom. The van der Waals surface area contributed by atoms with Gasteiger partial charge >= 0.3 is 0 Å². The molecule has 2 aliphatic rings. The zero-order valence-electron chi connectivity index (χ0n) is 10.6. The molecule has 6 nitrogen and oxygen atoms in total. The number of piperazine rings is 1. The second-order valence-corrected chi connectivity index (χ2v) is 4.84. The third kappa shape index (κ3) is 2.64. The lowest BCUT2D eigenvalue weighted by Gasteiger charge is -2.28. The predicted molar refractivity (Wildman–Crippen MR) is 69.4 cm³/mol. The van der Waals surface area contributed by atoms with Crippen LogP contribution >= 0.6 is 0 Å². The number of hydrogen-bond acceptors (Lipinski definition) is 5. The Morgan fingerprint density at radius 3 is 3.16 bits per heavy atom. The Kier molecular flexibility index (Phi) is 3.27. The van der Waals surface area contributed by atoms with Gasteiger partial charge in [-0.15, -0.1) is 0 Å². The van der Waals surface area contributed by atoms with Crippen LogP contribution in [0.4, 0.5) is 5.69 Å². The van der Waals surface area contributed by atoms with E-state index in [9.17, 15) is 4.79 Å². The van der Waals surface area contributed by atoms with Gasteiger partial charge in [-0.05, 0) is 12.1 Å². The highest BCUT2D eigenvalue weighted by Crippen LogP contribution is 2.31. The number of rotatable bonds is 2. The average Bonchev–Trinajstić information content (AvgIpc) is 2.38. The smallest absolute Gasteiger partial charge is 0.234 e. The van der Waals surface area contributed by atoms with Gasteiger partial charge in [-0.3, -0.25) is 9.69 Å². The monoisotopic (exact) mass is 263 g/mol. The number of fused-ring (bicyclic) bond motifs is 1. The lowest BCUT2D eigenvalue weighted by molar-refractivity contribution is -0.124. The quantitative estimate of drug-likeness (QED) is 0.738. The zero-order chi connectivity index (χ0) is 13.2. The fourth-order valence-electron chi connectivity index (χ4n) is 2.51. The van der Waals surface area contributed by atoms with Crippen LogP contribution in [0.2, 0.25) is 0 Å². The van der Waals surface area contributed by atoms with Crippen molar-refractivity contribution < 1.29 is 14.3 Å². The molecule has 1 aromatic carbocycles. The summed E-state index contributed by atoms with van der Waals surface area (Å²) >= 11 is 0. The molecule has 1 saturated heterocycles. The molecule has 1 fully saturated rings. The average molecular weight is 263 g/mol. The van der Waals surface area contributed by atoms with Crippen LogP contribution < -0.4 is 15.8 Å². The second-order valence-electron chi connectivity index (χ2n) is 4.84. The minimum atomic E-state index is 0.0632. The summed E-state index contributed by atoms with van der Waals surface area (Å²) in [5, 5.41) is 2.81. The molecule has 0 aromatic heterocycles. The lowest BCUT2D eigenvalue weighted by Crippen LogP contribution is -2.47. The first-order chi connectivity index (χ1) is 9.22. The van der Waals surface area contributed by atoms with Crippen LogP contribution in [-0.2, 0) is 22.7 Å². The molecule has 102 valence electrons. The van der Waals surface area contributed by atoms with Gasteiger partial charge in [-0.2, -0.15) is 0 Å². The van der Waals surface area contributed by atoms with Crippen LogP contribution in [0.1, 0.15) is 11.1 Å². The number of amides is 1. The van der Waals surface area contributed by atoms with Crippen molar-refractivity contribution in [3.8, 4) is 5.75 Å². The first kappa shape index (κ1) is 12.3. The van der Waals surface area contributed by atoms with Crippen molar-refractivity contribution in [2.45, 2.75) is 13.2 Å². The summed E-state index contributed by atoms with van der Waals surface area (Å²) in [5.74, 6) is 0.916. The summed E-state index contributed by atoms with van der Waals surface area (Å²) in [6, 6.07) is 3.79. The van der Waals surface area contributed by atoms with Crippen molar-refractivity contribution in [2.24, 2.45) is 0 Å². The molecule has 0 unspecified atom stereocenters. The topological polar surface area (TPSA) is 76.8 Å². The number of hydrogen-bond donors (Lipinski definition) is 2. The van der Waals surface area contributed by atoms with E-state index >= 15 is 0 Å². The molecule has 6 heteroatoms. The molecule has 3 N–H and O–H groups in total. The molecule has 0 saturated carbocycles. The summed E-state index contributed by atoms with van der Waals surface area (Å²) in [7, 11) is 0. The summed E-state index contributed by atoms with van der Waals surface area (Å²) in [4.78, 5) is 13.5. The highest BCUT2D eigenvalue weighted by molar-refractivity contribution is 5.78. The van der Waals surface area contributed by atoms with Gasteiger partial charge in [0.1, 0.15) is 5.75 Å². The number of nitrogen functional groups attached to an aromatic ring is 1. The van der Waals surface area contributed by atoms with Gasteiger partial charge in [0.2, 0.25) is 5.91 Å². The zero-order valence-corrected chi connectivity index (χ0v) is 10.6. The van der Waals surface area contributed by atoms with Crippen LogP contribution in [-0.4, -0.2) is 37.2 Å². The molecule has 0 aliphatic carbocycles.